The molecule has 0 unspecified atom stereocenters. The van der Waals surface area contributed by atoms with Gasteiger partial charge in [0.05, 0.1) is 17.9 Å². The molecule has 1 aromatic carbocycles. The Kier molecular flexibility index (Phi) is 5.57. The largest absolute Gasteiger partial charge is 0.478 e. The van der Waals surface area contributed by atoms with Gasteiger partial charge in [-0.2, -0.15) is 0 Å². The summed E-state index contributed by atoms with van der Waals surface area (Å²) < 4.78 is 1.87. The molecule has 1 aromatic heterocycles. The number of imidazole rings is 1. The van der Waals surface area contributed by atoms with E-state index in [9.17, 15) is 9.90 Å². The first kappa shape index (κ1) is 16.5. The molecule has 2 rings (SSSR count). The molecule has 0 bridgehead atoms. The van der Waals surface area contributed by atoms with Crippen LogP contribution in [0, 0.1) is 0 Å². The standard InChI is InChI=1S/C16H19ClN2O3/c1-2-3-7-14-18-15(17)13(10-20)19(14)9-11-5-4-6-12(8-11)16(21)22/h4-6,8,20H,2-3,7,9-10H2,1H3,(H,21,22). The maximum absolute atomic E-state index is 11.1. The fourth-order valence-electron chi connectivity index (χ4n) is 2.35. The van der Waals surface area contributed by atoms with E-state index in [4.69, 9.17) is 16.7 Å². The fraction of sp³-hybridized carbons (Fsp3) is 0.375. The summed E-state index contributed by atoms with van der Waals surface area (Å²) in [5.41, 5.74) is 1.64. The topological polar surface area (TPSA) is 75.4 Å². The number of carboxylic acid groups (broad SMARTS) is 1. The number of carboxylic acids is 1. The van der Waals surface area contributed by atoms with Crippen molar-refractivity contribution in [1.29, 1.82) is 0 Å². The molecule has 118 valence electrons. The molecule has 0 amide bonds. The molecule has 2 aromatic rings. The monoisotopic (exact) mass is 322 g/mol. The molecular formula is C16H19ClN2O3. The Hall–Kier alpha value is -1.85. The highest BCUT2D eigenvalue weighted by Gasteiger charge is 2.15. The first-order chi connectivity index (χ1) is 10.6. The van der Waals surface area contributed by atoms with Crippen LogP contribution in [0.15, 0.2) is 24.3 Å². The van der Waals surface area contributed by atoms with Crippen LogP contribution >= 0.6 is 11.6 Å². The maximum Gasteiger partial charge on any atom is 0.335 e. The van der Waals surface area contributed by atoms with Crippen LogP contribution in [0.3, 0.4) is 0 Å². The summed E-state index contributed by atoms with van der Waals surface area (Å²) in [5, 5.41) is 18.9. The van der Waals surface area contributed by atoms with Crippen molar-refractivity contribution in [1.82, 2.24) is 9.55 Å². The number of aliphatic hydroxyl groups is 1. The predicted molar refractivity (Wildman–Crippen MR) is 84.3 cm³/mol. The Bertz CT molecular complexity index is 667. The van der Waals surface area contributed by atoms with Crippen LogP contribution in [0.5, 0.6) is 0 Å². The van der Waals surface area contributed by atoms with Crippen LogP contribution < -0.4 is 0 Å². The third-order valence-corrected chi connectivity index (χ3v) is 3.82. The Balaban J connectivity index is 2.34. The van der Waals surface area contributed by atoms with E-state index in [0.717, 1.165) is 30.7 Å². The molecule has 0 aliphatic rings. The van der Waals surface area contributed by atoms with E-state index in [-0.39, 0.29) is 12.2 Å². The number of aliphatic hydroxyl groups excluding tert-OH is 1. The Labute approximate surface area is 134 Å². The van der Waals surface area contributed by atoms with Gasteiger partial charge in [0.15, 0.2) is 5.15 Å². The quantitative estimate of drug-likeness (QED) is 0.821. The van der Waals surface area contributed by atoms with Crippen molar-refractivity contribution in [3.05, 3.63) is 52.1 Å². The van der Waals surface area contributed by atoms with E-state index in [1.54, 1.807) is 18.2 Å². The van der Waals surface area contributed by atoms with Crippen LogP contribution in [-0.2, 0) is 19.6 Å². The number of aromatic carboxylic acids is 1. The summed E-state index contributed by atoms with van der Waals surface area (Å²) in [6, 6.07) is 6.74. The molecule has 0 atom stereocenters. The Morgan fingerprint density at radius 1 is 1.41 bits per heavy atom. The lowest BCUT2D eigenvalue weighted by Gasteiger charge is -2.11. The van der Waals surface area contributed by atoms with Gasteiger partial charge in [0, 0.05) is 13.0 Å². The molecule has 2 N–H and O–H groups in total. The number of aromatic nitrogens is 2. The number of hydrogen-bond donors (Lipinski definition) is 2. The average molecular weight is 323 g/mol. The van der Waals surface area contributed by atoms with Gasteiger partial charge in [-0.3, -0.25) is 0 Å². The van der Waals surface area contributed by atoms with Gasteiger partial charge in [0.1, 0.15) is 5.82 Å². The molecule has 0 fully saturated rings. The van der Waals surface area contributed by atoms with Crippen LogP contribution in [0.25, 0.3) is 0 Å². The molecule has 0 saturated heterocycles. The number of unbranched alkanes of at least 4 members (excludes halogenated alkanes) is 1. The zero-order valence-corrected chi connectivity index (χ0v) is 13.2. The average Bonchev–Trinajstić information content (AvgIpc) is 2.80. The molecule has 0 spiro atoms. The Morgan fingerprint density at radius 2 is 2.18 bits per heavy atom. The molecule has 1 heterocycles. The maximum atomic E-state index is 11.1. The number of hydrogen-bond acceptors (Lipinski definition) is 3. The second kappa shape index (κ2) is 7.42. The minimum atomic E-state index is -0.959. The lowest BCUT2D eigenvalue weighted by Crippen LogP contribution is -2.10. The molecule has 22 heavy (non-hydrogen) atoms. The lowest BCUT2D eigenvalue weighted by molar-refractivity contribution is 0.0696. The third-order valence-electron chi connectivity index (χ3n) is 3.52. The smallest absolute Gasteiger partial charge is 0.335 e. The van der Waals surface area contributed by atoms with Crippen molar-refractivity contribution in [3.63, 3.8) is 0 Å². The van der Waals surface area contributed by atoms with Gasteiger partial charge >= 0.3 is 5.97 Å². The highest BCUT2D eigenvalue weighted by atomic mass is 35.5. The van der Waals surface area contributed by atoms with Crippen molar-refractivity contribution in [3.8, 4) is 0 Å². The van der Waals surface area contributed by atoms with Gasteiger partial charge in [-0.15, -0.1) is 0 Å². The fourth-order valence-corrected chi connectivity index (χ4v) is 2.61. The minimum Gasteiger partial charge on any atom is -0.478 e. The second-order valence-corrected chi connectivity index (χ2v) is 5.48. The summed E-state index contributed by atoms with van der Waals surface area (Å²) in [7, 11) is 0. The van der Waals surface area contributed by atoms with Crippen molar-refractivity contribution >= 4 is 17.6 Å². The van der Waals surface area contributed by atoms with E-state index in [1.165, 1.54) is 0 Å². The van der Waals surface area contributed by atoms with E-state index < -0.39 is 5.97 Å². The van der Waals surface area contributed by atoms with Gasteiger partial charge in [0.25, 0.3) is 0 Å². The van der Waals surface area contributed by atoms with Crippen molar-refractivity contribution in [2.45, 2.75) is 39.3 Å². The van der Waals surface area contributed by atoms with Crippen molar-refractivity contribution in [2.75, 3.05) is 0 Å². The number of carbonyl (C=O) groups is 1. The van der Waals surface area contributed by atoms with Gasteiger partial charge in [-0.05, 0) is 24.1 Å². The molecule has 6 heteroatoms. The first-order valence-electron chi connectivity index (χ1n) is 7.23. The third kappa shape index (κ3) is 3.67. The minimum absolute atomic E-state index is 0.198. The van der Waals surface area contributed by atoms with Crippen LogP contribution in [-0.4, -0.2) is 25.7 Å². The second-order valence-electron chi connectivity index (χ2n) is 5.12. The van der Waals surface area contributed by atoms with Gasteiger partial charge in [-0.1, -0.05) is 37.1 Å². The normalized spacial score (nSPS) is 10.9. The number of halogens is 1. The molecule has 0 radical (unpaired) electrons. The summed E-state index contributed by atoms with van der Waals surface area (Å²) in [6.07, 6.45) is 2.79. The number of benzene rings is 1. The zero-order chi connectivity index (χ0) is 16.1. The van der Waals surface area contributed by atoms with E-state index in [0.29, 0.717) is 17.4 Å². The van der Waals surface area contributed by atoms with Crippen LogP contribution in [0.1, 0.15) is 47.2 Å². The lowest BCUT2D eigenvalue weighted by atomic mass is 10.1. The Morgan fingerprint density at radius 3 is 2.82 bits per heavy atom. The van der Waals surface area contributed by atoms with Gasteiger partial charge in [-0.25, -0.2) is 9.78 Å². The molecule has 5 nitrogen and oxygen atoms in total. The molecule has 0 aliphatic heterocycles. The van der Waals surface area contributed by atoms with Crippen molar-refractivity contribution < 1.29 is 15.0 Å². The predicted octanol–water partition coefficient (Wildman–Crippen LogP) is 3.12. The van der Waals surface area contributed by atoms with Crippen LogP contribution in [0.4, 0.5) is 0 Å². The van der Waals surface area contributed by atoms with Gasteiger partial charge < -0.3 is 14.8 Å². The van der Waals surface area contributed by atoms with Gasteiger partial charge in [0.2, 0.25) is 0 Å². The van der Waals surface area contributed by atoms with Crippen molar-refractivity contribution in [2.24, 2.45) is 0 Å². The number of nitrogens with zero attached hydrogens (tertiary/aromatic N) is 2. The molecular weight excluding hydrogens is 304 g/mol. The van der Waals surface area contributed by atoms with Crippen LogP contribution in [0.2, 0.25) is 5.15 Å². The highest BCUT2D eigenvalue weighted by molar-refractivity contribution is 6.30. The summed E-state index contributed by atoms with van der Waals surface area (Å²) in [4.78, 5) is 15.4. The first-order valence-corrected chi connectivity index (χ1v) is 7.61. The summed E-state index contributed by atoms with van der Waals surface area (Å²) >= 11 is 6.09. The molecule has 0 aliphatic carbocycles. The van der Waals surface area contributed by atoms with E-state index in [1.807, 2.05) is 10.6 Å². The number of aryl methyl sites for hydroxylation is 1. The highest BCUT2D eigenvalue weighted by Crippen LogP contribution is 2.21. The zero-order valence-electron chi connectivity index (χ0n) is 12.4. The van der Waals surface area contributed by atoms with E-state index in [2.05, 4.69) is 11.9 Å². The summed E-state index contributed by atoms with van der Waals surface area (Å²) in [5.74, 6) is -0.143. The molecule has 0 saturated carbocycles. The SMILES string of the molecule is CCCCc1nc(Cl)c(CO)n1Cc1cccc(C(=O)O)c1. The van der Waals surface area contributed by atoms with E-state index >= 15 is 0 Å². The number of rotatable bonds is 7. The summed E-state index contributed by atoms with van der Waals surface area (Å²) in [6.45, 7) is 2.34.